The van der Waals surface area contributed by atoms with Crippen LogP contribution in [0.25, 0.3) is 5.76 Å². The third-order valence-corrected chi connectivity index (χ3v) is 2.75. The molecule has 0 amide bonds. The molecule has 0 fully saturated rings. The van der Waals surface area contributed by atoms with E-state index in [9.17, 15) is 9.18 Å². The first-order valence-corrected chi connectivity index (χ1v) is 6.70. The highest BCUT2D eigenvalue weighted by atomic mass is 19.1. The highest BCUT2D eigenvalue weighted by Gasteiger charge is 2.05. The fraction of sp³-hybridized carbons (Fsp3) is 0.0588. The molecule has 0 spiro atoms. The van der Waals surface area contributed by atoms with Gasteiger partial charge in [-0.15, -0.1) is 0 Å². The van der Waals surface area contributed by atoms with Gasteiger partial charge < -0.3 is 20.9 Å². The summed E-state index contributed by atoms with van der Waals surface area (Å²) in [4.78, 5) is 15.1. The maximum Gasteiger partial charge on any atom is 0.355 e. The SMILES string of the molecule is C=CC(=N\C=C(/N)C(=O)OC)/C(N)=C/OC(=C)c1ccc(F)cc1. The van der Waals surface area contributed by atoms with Crippen molar-refractivity contribution in [3.8, 4) is 0 Å². The van der Waals surface area contributed by atoms with Gasteiger partial charge in [-0.05, 0) is 30.3 Å². The molecule has 1 aromatic rings. The average molecular weight is 331 g/mol. The average Bonchev–Trinajstić information content (AvgIpc) is 2.59. The summed E-state index contributed by atoms with van der Waals surface area (Å²) in [6, 6.07) is 5.61. The zero-order valence-electron chi connectivity index (χ0n) is 13.2. The van der Waals surface area contributed by atoms with Crippen molar-refractivity contribution >= 4 is 17.4 Å². The summed E-state index contributed by atoms with van der Waals surface area (Å²) in [5, 5.41) is 0. The van der Waals surface area contributed by atoms with Crippen LogP contribution in [0.4, 0.5) is 4.39 Å². The molecular formula is C17H18FN3O3. The van der Waals surface area contributed by atoms with Crippen LogP contribution in [0.15, 0.2) is 72.3 Å². The van der Waals surface area contributed by atoms with Gasteiger partial charge >= 0.3 is 5.97 Å². The topological polar surface area (TPSA) is 99.9 Å². The van der Waals surface area contributed by atoms with E-state index in [1.165, 1.54) is 43.7 Å². The summed E-state index contributed by atoms with van der Waals surface area (Å²) in [6.07, 6.45) is 3.66. The lowest BCUT2D eigenvalue weighted by molar-refractivity contribution is -0.136. The summed E-state index contributed by atoms with van der Waals surface area (Å²) in [5.74, 6) is -0.811. The van der Waals surface area contributed by atoms with E-state index in [0.29, 0.717) is 5.56 Å². The number of benzene rings is 1. The Morgan fingerprint density at radius 1 is 1.25 bits per heavy atom. The summed E-state index contributed by atoms with van der Waals surface area (Å²) >= 11 is 0. The molecule has 0 heterocycles. The van der Waals surface area contributed by atoms with Crippen molar-refractivity contribution in [1.82, 2.24) is 0 Å². The molecule has 1 aromatic carbocycles. The Bertz CT molecular complexity index is 719. The molecule has 6 nitrogen and oxygen atoms in total. The third-order valence-electron chi connectivity index (χ3n) is 2.75. The number of methoxy groups -OCH3 is 1. The number of aliphatic imine (C=N–C) groups is 1. The molecule has 4 N–H and O–H groups in total. The minimum Gasteiger partial charge on any atom is -0.464 e. The van der Waals surface area contributed by atoms with E-state index in [-0.39, 0.29) is 28.7 Å². The zero-order valence-corrected chi connectivity index (χ0v) is 13.2. The molecule has 0 saturated carbocycles. The van der Waals surface area contributed by atoms with Crippen LogP contribution in [0, 0.1) is 5.82 Å². The lowest BCUT2D eigenvalue weighted by Gasteiger charge is -2.06. The van der Waals surface area contributed by atoms with Gasteiger partial charge in [0.2, 0.25) is 0 Å². The van der Waals surface area contributed by atoms with Gasteiger partial charge in [0, 0.05) is 5.56 Å². The number of ether oxygens (including phenoxy) is 2. The van der Waals surface area contributed by atoms with E-state index >= 15 is 0 Å². The monoisotopic (exact) mass is 331 g/mol. The highest BCUT2D eigenvalue weighted by molar-refractivity contribution is 6.07. The molecule has 126 valence electrons. The molecule has 0 aliphatic carbocycles. The molecule has 0 atom stereocenters. The maximum atomic E-state index is 12.9. The van der Waals surface area contributed by atoms with Crippen molar-refractivity contribution in [3.05, 3.63) is 78.7 Å². The number of hydrogen-bond acceptors (Lipinski definition) is 6. The molecule has 0 saturated heterocycles. The van der Waals surface area contributed by atoms with E-state index in [1.54, 1.807) is 0 Å². The van der Waals surface area contributed by atoms with E-state index in [0.717, 1.165) is 6.20 Å². The second-order valence-corrected chi connectivity index (χ2v) is 4.42. The van der Waals surface area contributed by atoms with Gasteiger partial charge in [0.05, 0.1) is 24.7 Å². The van der Waals surface area contributed by atoms with E-state index < -0.39 is 5.97 Å². The maximum absolute atomic E-state index is 12.9. The molecule has 7 heteroatoms. The lowest BCUT2D eigenvalue weighted by Crippen LogP contribution is -2.13. The smallest absolute Gasteiger partial charge is 0.355 e. The Morgan fingerprint density at radius 3 is 2.42 bits per heavy atom. The number of rotatable bonds is 7. The summed E-state index contributed by atoms with van der Waals surface area (Å²) in [5.41, 5.74) is 12.0. The van der Waals surface area contributed by atoms with E-state index in [2.05, 4.69) is 22.9 Å². The number of allylic oxidation sites excluding steroid dienone is 1. The van der Waals surface area contributed by atoms with Gasteiger partial charge in [0.15, 0.2) is 0 Å². The molecule has 0 bridgehead atoms. The Kier molecular flexibility index (Phi) is 6.97. The standard InChI is InChI=1S/C17H18FN3O3/c1-4-16(21-9-14(19)17(22)23-3)15(20)10-24-11(2)12-5-7-13(18)8-6-12/h4-10H,1-2,19-20H2,3H3/b14-9-,15-10-,21-16+. The van der Waals surface area contributed by atoms with Gasteiger partial charge in [-0.25, -0.2) is 9.18 Å². The Balaban J connectivity index is 2.85. The van der Waals surface area contributed by atoms with Gasteiger partial charge in [-0.2, -0.15) is 0 Å². The predicted octanol–water partition coefficient (Wildman–Crippen LogP) is 2.21. The van der Waals surface area contributed by atoms with Crippen LogP contribution < -0.4 is 11.5 Å². The molecule has 0 aliphatic rings. The van der Waals surface area contributed by atoms with Crippen LogP contribution in [0.2, 0.25) is 0 Å². The third kappa shape index (κ3) is 5.45. The van der Waals surface area contributed by atoms with Crippen LogP contribution in [0.5, 0.6) is 0 Å². The number of nitrogens with zero attached hydrogens (tertiary/aromatic N) is 1. The molecular weight excluding hydrogens is 313 g/mol. The number of esters is 1. The van der Waals surface area contributed by atoms with Crippen LogP contribution in [0.3, 0.4) is 0 Å². The second-order valence-electron chi connectivity index (χ2n) is 4.42. The van der Waals surface area contributed by atoms with Crippen LogP contribution >= 0.6 is 0 Å². The number of hydrogen-bond donors (Lipinski definition) is 2. The number of carbonyl (C=O) groups is 1. The minimum atomic E-state index is -0.717. The first-order valence-electron chi connectivity index (χ1n) is 6.70. The zero-order chi connectivity index (χ0) is 18.1. The minimum absolute atomic E-state index is 0.127. The fourth-order valence-corrected chi connectivity index (χ4v) is 1.45. The largest absolute Gasteiger partial charge is 0.464 e. The second kappa shape index (κ2) is 8.94. The van der Waals surface area contributed by atoms with Crippen molar-refractivity contribution in [1.29, 1.82) is 0 Å². The van der Waals surface area contributed by atoms with Crippen molar-refractivity contribution in [2.45, 2.75) is 0 Å². The van der Waals surface area contributed by atoms with Crippen LogP contribution in [0.1, 0.15) is 5.56 Å². The molecule has 0 unspecified atom stereocenters. The first-order chi connectivity index (χ1) is 11.4. The number of halogens is 1. The van der Waals surface area contributed by atoms with E-state index in [1.807, 2.05) is 0 Å². The fourth-order valence-electron chi connectivity index (χ4n) is 1.45. The Labute approximate surface area is 139 Å². The quantitative estimate of drug-likeness (QED) is 0.345. The molecule has 0 radical (unpaired) electrons. The summed E-state index contributed by atoms with van der Waals surface area (Å²) in [6.45, 7) is 7.28. The van der Waals surface area contributed by atoms with Crippen molar-refractivity contribution in [3.63, 3.8) is 0 Å². The molecule has 0 aromatic heterocycles. The van der Waals surface area contributed by atoms with E-state index in [4.69, 9.17) is 16.2 Å². The molecule has 24 heavy (non-hydrogen) atoms. The van der Waals surface area contributed by atoms with Crippen LogP contribution in [-0.4, -0.2) is 18.8 Å². The van der Waals surface area contributed by atoms with Gasteiger partial charge in [-0.3, -0.25) is 4.99 Å². The Morgan fingerprint density at radius 2 is 1.88 bits per heavy atom. The Hall–Kier alpha value is -3.35. The normalized spacial score (nSPS) is 12.5. The summed E-state index contributed by atoms with van der Waals surface area (Å²) in [7, 11) is 1.20. The van der Waals surface area contributed by atoms with Crippen molar-refractivity contribution in [2.24, 2.45) is 16.5 Å². The molecule has 1 rings (SSSR count). The highest BCUT2D eigenvalue weighted by Crippen LogP contribution is 2.15. The van der Waals surface area contributed by atoms with Gasteiger partial charge in [0.1, 0.15) is 23.5 Å². The summed E-state index contributed by atoms with van der Waals surface area (Å²) < 4.78 is 22.6. The van der Waals surface area contributed by atoms with Crippen molar-refractivity contribution < 1.29 is 18.7 Å². The lowest BCUT2D eigenvalue weighted by atomic mass is 10.2. The number of nitrogens with two attached hydrogens (primary N) is 2. The van der Waals surface area contributed by atoms with Crippen LogP contribution in [-0.2, 0) is 14.3 Å². The van der Waals surface area contributed by atoms with Gasteiger partial charge in [0.25, 0.3) is 0 Å². The number of carbonyl (C=O) groups excluding carboxylic acids is 1. The molecule has 0 aliphatic heterocycles. The predicted molar refractivity (Wildman–Crippen MR) is 90.7 cm³/mol. The van der Waals surface area contributed by atoms with Gasteiger partial charge in [-0.1, -0.05) is 13.2 Å². The van der Waals surface area contributed by atoms with Crippen molar-refractivity contribution in [2.75, 3.05) is 7.11 Å². The first kappa shape index (κ1) is 18.7.